The number of hydrogen-bond acceptors (Lipinski definition) is 3. The summed E-state index contributed by atoms with van der Waals surface area (Å²) in [5.41, 5.74) is 1.35. The highest BCUT2D eigenvalue weighted by Gasteiger charge is 2.22. The largest absolute Gasteiger partial charge is 0.378 e. The first-order valence-corrected chi connectivity index (χ1v) is 9.45. The zero-order chi connectivity index (χ0) is 18.1. The van der Waals surface area contributed by atoms with Crippen molar-refractivity contribution in [3.8, 4) is 0 Å². The van der Waals surface area contributed by atoms with Crippen molar-refractivity contribution in [1.82, 2.24) is 15.1 Å². The van der Waals surface area contributed by atoms with Crippen LogP contribution in [-0.4, -0.2) is 68.2 Å². The van der Waals surface area contributed by atoms with Crippen LogP contribution in [0.25, 0.3) is 0 Å². The maximum Gasteiger partial charge on any atom is 0.193 e. The molecule has 0 amide bonds. The third kappa shape index (κ3) is 7.40. The molecule has 0 radical (unpaired) electrons. The minimum atomic E-state index is 0. The standard InChI is InChI=1S/C20H34N4O.HI/c1-5-25-19-11-13-24(14-12-19)20(21-3)22-15-17(2)23(4)16-18-9-7-6-8-10-18;/h6-10,17,19H,5,11-16H2,1-4H3,(H,21,22);1H. The van der Waals surface area contributed by atoms with Crippen LogP contribution in [0.4, 0.5) is 0 Å². The highest BCUT2D eigenvalue weighted by Crippen LogP contribution is 2.13. The first-order chi connectivity index (χ1) is 12.1. The molecular formula is C20H35IN4O. The Labute approximate surface area is 176 Å². The minimum Gasteiger partial charge on any atom is -0.378 e. The van der Waals surface area contributed by atoms with Crippen molar-refractivity contribution in [3.63, 3.8) is 0 Å². The first-order valence-electron chi connectivity index (χ1n) is 9.45. The molecule has 1 aromatic rings. The number of guanidine groups is 1. The van der Waals surface area contributed by atoms with E-state index in [1.807, 2.05) is 7.05 Å². The Morgan fingerprint density at radius 1 is 1.31 bits per heavy atom. The van der Waals surface area contributed by atoms with Crippen molar-refractivity contribution in [3.05, 3.63) is 35.9 Å². The van der Waals surface area contributed by atoms with Crippen LogP contribution < -0.4 is 5.32 Å². The average molecular weight is 474 g/mol. The van der Waals surface area contributed by atoms with Gasteiger partial charge >= 0.3 is 0 Å². The van der Waals surface area contributed by atoms with Gasteiger partial charge in [-0.25, -0.2) is 0 Å². The number of hydrogen-bond donors (Lipinski definition) is 1. The van der Waals surface area contributed by atoms with E-state index in [1.165, 1.54) is 5.56 Å². The van der Waals surface area contributed by atoms with Gasteiger partial charge in [0.1, 0.15) is 0 Å². The number of likely N-dealkylation sites (N-methyl/N-ethyl adjacent to an activating group) is 1. The summed E-state index contributed by atoms with van der Waals surface area (Å²) >= 11 is 0. The molecule has 6 heteroatoms. The van der Waals surface area contributed by atoms with Crippen LogP contribution in [0.3, 0.4) is 0 Å². The molecule has 1 saturated heterocycles. The van der Waals surface area contributed by atoms with Gasteiger partial charge in [0.05, 0.1) is 6.10 Å². The Balaban J connectivity index is 0.00000338. The van der Waals surface area contributed by atoms with Gasteiger partial charge in [-0.1, -0.05) is 30.3 Å². The van der Waals surface area contributed by atoms with Gasteiger partial charge in [-0.15, -0.1) is 24.0 Å². The number of nitrogens with zero attached hydrogens (tertiary/aromatic N) is 3. The number of nitrogens with one attached hydrogen (secondary N) is 1. The van der Waals surface area contributed by atoms with E-state index in [0.29, 0.717) is 12.1 Å². The number of piperidine rings is 1. The Morgan fingerprint density at radius 3 is 2.54 bits per heavy atom. The second-order valence-corrected chi connectivity index (χ2v) is 6.82. The maximum absolute atomic E-state index is 5.74. The summed E-state index contributed by atoms with van der Waals surface area (Å²) in [5, 5.41) is 3.55. The Hall–Kier alpha value is -0.860. The van der Waals surface area contributed by atoms with E-state index in [0.717, 1.165) is 51.6 Å². The zero-order valence-electron chi connectivity index (χ0n) is 16.6. The Morgan fingerprint density at radius 2 is 1.96 bits per heavy atom. The molecular weight excluding hydrogens is 439 g/mol. The number of aliphatic imine (C=N–C) groups is 1. The normalized spacial score (nSPS) is 17.1. The van der Waals surface area contributed by atoms with Crippen molar-refractivity contribution in [2.24, 2.45) is 4.99 Å². The lowest BCUT2D eigenvalue weighted by Gasteiger charge is -2.35. The number of likely N-dealkylation sites (tertiary alicyclic amines) is 1. The number of halogens is 1. The molecule has 0 aromatic heterocycles. The van der Waals surface area contributed by atoms with E-state index < -0.39 is 0 Å². The monoisotopic (exact) mass is 474 g/mol. The fourth-order valence-corrected chi connectivity index (χ4v) is 3.22. The lowest BCUT2D eigenvalue weighted by atomic mass is 10.1. The fourth-order valence-electron chi connectivity index (χ4n) is 3.22. The number of benzene rings is 1. The van der Waals surface area contributed by atoms with Crippen molar-refractivity contribution < 1.29 is 4.74 Å². The zero-order valence-corrected chi connectivity index (χ0v) is 19.0. The molecule has 0 bridgehead atoms. The van der Waals surface area contributed by atoms with Crippen molar-refractivity contribution in [2.75, 3.05) is 40.3 Å². The molecule has 2 rings (SSSR count). The molecule has 1 aromatic carbocycles. The summed E-state index contributed by atoms with van der Waals surface area (Å²) in [7, 11) is 4.05. The van der Waals surface area contributed by atoms with Crippen LogP contribution in [0.15, 0.2) is 35.3 Å². The van der Waals surface area contributed by atoms with Crippen LogP contribution in [0.5, 0.6) is 0 Å². The van der Waals surface area contributed by atoms with Gasteiger partial charge in [0.25, 0.3) is 0 Å². The lowest BCUT2D eigenvalue weighted by Crippen LogP contribution is -2.49. The summed E-state index contributed by atoms with van der Waals surface area (Å²) in [6, 6.07) is 11.0. The van der Waals surface area contributed by atoms with Crippen molar-refractivity contribution in [1.29, 1.82) is 0 Å². The van der Waals surface area contributed by atoms with Gasteiger partial charge in [-0.05, 0) is 39.3 Å². The van der Waals surface area contributed by atoms with Crippen LogP contribution in [0, 0.1) is 0 Å². The molecule has 1 aliphatic heterocycles. The van der Waals surface area contributed by atoms with Crippen LogP contribution in [-0.2, 0) is 11.3 Å². The third-order valence-corrected chi connectivity index (χ3v) is 4.94. The van der Waals surface area contributed by atoms with Gasteiger partial charge in [-0.3, -0.25) is 9.89 Å². The molecule has 1 atom stereocenters. The average Bonchev–Trinajstić information content (AvgIpc) is 2.64. The Bertz CT molecular complexity index is 518. The van der Waals surface area contributed by atoms with E-state index >= 15 is 0 Å². The van der Waals surface area contributed by atoms with E-state index in [4.69, 9.17) is 4.74 Å². The highest BCUT2D eigenvalue weighted by atomic mass is 127. The first kappa shape index (κ1) is 23.2. The van der Waals surface area contributed by atoms with E-state index in [2.05, 4.69) is 71.3 Å². The van der Waals surface area contributed by atoms with Gasteiger partial charge in [0, 0.05) is 45.9 Å². The summed E-state index contributed by atoms with van der Waals surface area (Å²) in [6.07, 6.45) is 2.58. The fraction of sp³-hybridized carbons (Fsp3) is 0.650. The highest BCUT2D eigenvalue weighted by molar-refractivity contribution is 14.0. The summed E-state index contributed by atoms with van der Waals surface area (Å²) in [6.45, 7) is 9.01. The van der Waals surface area contributed by atoms with E-state index in [-0.39, 0.29) is 24.0 Å². The lowest BCUT2D eigenvalue weighted by molar-refractivity contribution is 0.0263. The summed E-state index contributed by atoms with van der Waals surface area (Å²) in [4.78, 5) is 9.19. The van der Waals surface area contributed by atoms with Crippen molar-refractivity contribution in [2.45, 2.75) is 45.4 Å². The predicted octanol–water partition coefficient (Wildman–Crippen LogP) is 3.20. The molecule has 0 aliphatic carbocycles. The number of rotatable bonds is 7. The quantitative estimate of drug-likeness (QED) is 0.375. The molecule has 1 fully saturated rings. The third-order valence-electron chi connectivity index (χ3n) is 4.94. The topological polar surface area (TPSA) is 40.1 Å². The Kier molecular flexibility index (Phi) is 11.2. The number of ether oxygens (including phenoxy) is 1. The molecule has 26 heavy (non-hydrogen) atoms. The van der Waals surface area contributed by atoms with E-state index in [9.17, 15) is 0 Å². The van der Waals surface area contributed by atoms with Crippen LogP contribution in [0.1, 0.15) is 32.3 Å². The second-order valence-electron chi connectivity index (χ2n) is 6.82. The summed E-state index contributed by atoms with van der Waals surface area (Å²) < 4.78 is 5.74. The SMILES string of the molecule is CCOC1CCN(C(=NC)NCC(C)N(C)Cc2ccccc2)CC1.I. The smallest absolute Gasteiger partial charge is 0.193 e. The molecule has 1 N–H and O–H groups in total. The predicted molar refractivity (Wildman–Crippen MR) is 120 cm³/mol. The summed E-state index contributed by atoms with van der Waals surface area (Å²) in [5.74, 6) is 1.01. The van der Waals surface area contributed by atoms with Crippen LogP contribution >= 0.6 is 24.0 Å². The van der Waals surface area contributed by atoms with Gasteiger partial charge in [-0.2, -0.15) is 0 Å². The molecule has 1 unspecified atom stereocenters. The van der Waals surface area contributed by atoms with Gasteiger partial charge < -0.3 is 15.0 Å². The molecule has 1 aliphatic rings. The molecule has 0 saturated carbocycles. The minimum absolute atomic E-state index is 0. The van der Waals surface area contributed by atoms with E-state index in [1.54, 1.807) is 0 Å². The molecule has 1 heterocycles. The maximum atomic E-state index is 5.74. The van der Waals surface area contributed by atoms with Gasteiger partial charge in [0.2, 0.25) is 0 Å². The van der Waals surface area contributed by atoms with Crippen molar-refractivity contribution >= 4 is 29.9 Å². The second kappa shape index (κ2) is 12.5. The molecule has 5 nitrogen and oxygen atoms in total. The van der Waals surface area contributed by atoms with Gasteiger partial charge in [0.15, 0.2) is 5.96 Å². The van der Waals surface area contributed by atoms with Crippen LogP contribution in [0.2, 0.25) is 0 Å². The molecule has 0 spiro atoms. The molecule has 148 valence electrons.